The van der Waals surface area contributed by atoms with E-state index in [4.69, 9.17) is 26.4 Å². The highest BCUT2D eigenvalue weighted by atomic mass is 32.1. The molecule has 1 aromatic rings. The molecule has 1 heterocycles. The summed E-state index contributed by atoms with van der Waals surface area (Å²) in [5, 5.41) is 7.04. The van der Waals surface area contributed by atoms with Crippen molar-refractivity contribution in [2.75, 3.05) is 41.0 Å². The molecule has 1 aromatic carbocycles. The van der Waals surface area contributed by atoms with Crippen molar-refractivity contribution in [3.63, 3.8) is 0 Å². The summed E-state index contributed by atoms with van der Waals surface area (Å²) in [5.74, 6) is 1.82. The van der Waals surface area contributed by atoms with Crippen LogP contribution >= 0.6 is 12.2 Å². The monoisotopic (exact) mass is 437 g/mol. The summed E-state index contributed by atoms with van der Waals surface area (Å²) >= 11 is 5.59. The number of rotatable bonds is 8. The van der Waals surface area contributed by atoms with Gasteiger partial charge in [0, 0.05) is 31.6 Å². The standard InChI is InChI=1S/C22H35N3O4S/c1-13(2)10-23-21(26)17-12-25(22(30)24-14(3)4)11-16(17)15-8-18(27-5)20(29-7)19(9-15)28-6/h8-9,13-14,16-17H,10-12H2,1-7H3,(H,23,26)(H,24,30)/t16-,17-/m1/s1. The molecule has 168 valence electrons. The molecule has 7 nitrogen and oxygen atoms in total. The number of amides is 1. The van der Waals surface area contributed by atoms with Gasteiger partial charge >= 0.3 is 0 Å². The van der Waals surface area contributed by atoms with Crippen LogP contribution in [-0.4, -0.2) is 62.9 Å². The molecule has 0 radical (unpaired) electrons. The Morgan fingerprint density at radius 1 is 1.10 bits per heavy atom. The molecule has 1 amide bonds. The van der Waals surface area contributed by atoms with Gasteiger partial charge in [-0.1, -0.05) is 13.8 Å². The SMILES string of the molecule is COc1cc([C@H]2CN(C(=S)NC(C)C)C[C@H]2C(=O)NCC(C)C)cc(OC)c1OC. The van der Waals surface area contributed by atoms with Gasteiger partial charge in [0.1, 0.15) is 0 Å². The summed E-state index contributed by atoms with van der Waals surface area (Å²) in [7, 11) is 4.77. The van der Waals surface area contributed by atoms with Gasteiger partial charge in [0.25, 0.3) is 0 Å². The Morgan fingerprint density at radius 3 is 2.17 bits per heavy atom. The molecule has 0 unspecified atom stereocenters. The molecule has 0 saturated carbocycles. The third-order valence-corrected chi connectivity index (χ3v) is 5.53. The number of likely N-dealkylation sites (tertiary alicyclic amines) is 1. The first-order valence-electron chi connectivity index (χ1n) is 10.3. The van der Waals surface area contributed by atoms with Gasteiger partial charge in [-0.05, 0) is 49.7 Å². The Balaban J connectivity index is 2.39. The van der Waals surface area contributed by atoms with Gasteiger partial charge in [0.15, 0.2) is 16.6 Å². The number of thiocarbonyl (C=S) groups is 1. The summed E-state index contributed by atoms with van der Waals surface area (Å²) < 4.78 is 16.5. The van der Waals surface area contributed by atoms with Gasteiger partial charge in [-0.25, -0.2) is 0 Å². The van der Waals surface area contributed by atoms with Gasteiger partial charge in [0.05, 0.1) is 27.2 Å². The molecule has 0 aliphatic carbocycles. The second-order valence-corrected chi connectivity index (χ2v) is 8.71. The molecule has 1 aliphatic rings. The van der Waals surface area contributed by atoms with E-state index in [2.05, 4.69) is 29.4 Å². The van der Waals surface area contributed by atoms with Crippen LogP contribution in [0.25, 0.3) is 0 Å². The van der Waals surface area contributed by atoms with Crippen LogP contribution in [0.5, 0.6) is 17.2 Å². The van der Waals surface area contributed by atoms with Crippen molar-refractivity contribution in [3.8, 4) is 17.2 Å². The first kappa shape index (κ1) is 24.1. The molecule has 0 spiro atoms. The molecule has 2 rings (SSSR count). The largest absolute Gasteiger partial charge is 0.493 e. The highest BCUT2D eigenvalue weighted by molar-refractivity contribution is 7.80. The summed E-state index contributed by atoms with van der Waals surface area (Å²) in [6.07, 6.45) is 0. The number of nitrogens with one attached hydrogen (secondary N) is 2. The minimum atomic E-state index is -0.238. The average Bonchev–Trinajstić information content (AvgIpc) is 3.16. The van der Waals surface area contributed by atoms with Crippen molar-refractivity contribution < 1.29 is 19.0 Å². The van der Waals surface area contributed by atoms with E-state index in [-0.39, 0.29) is 23.8 Å². The zero-order chi connectivity index (χ0) is 22.4. The van der Waals surface area contributed by atoms with Crippen molar-refractivity contribution in [1.29, 1.82) is 0 Å². The van der Waals surface area contributed by atoms with E-state index in [0.717, 1.165) is 5.56 Å². The molecule has 8 heteroatoms. The smallest absolute Gasteiger partial charge is 0.225 e. The topological polar surface area (TPSA) is 72.1 Å². The van der Waals surface area contributed by atoms with E-state index in [1.54, 1.807) is 21.3 Å². The van der Waals surface area contributed by atoms with E-state index < -0.39 is 0 Å². The van der Waals surface area contributed by atoms with Crippen molar-refractivity contribution in [1.82, 2.24) is 15.5 Å². The Labute approximate surface area is 185 Å². The lowest BCUT2D eigenvalue weighted by Crippen LogP contribution is -2.42. The van der Waals surface area contributed by atoms with E-state index >= 15 is 0 Å². The maximum Gasteiger partial charge on any atom is 0.225 e. The number of benzene rings is 1. The minimum absolute atomic E-state index is 0.0392. The first-order valence-corrected chi connectivity index (χ1v) is 10.8. The van der Waals surface area contributed by atoms with Crippen LogP contribution in [0.15, 0.2) is 12.1 Å². The minimum Gasteiger partial charge on any atom is -0.493 e. The lowest BCUT2D eigenvalue weighted by molar-refractivity contribution is -0.125. The molecule has 1 saturated heterocycles. The van der Waals surface area contributed by atoms with Crippen LogP contribution in [0.3, 0.4) is 0 Å². The Morgan fingerprint density at radius 2 is 1.70 bits per heavy atom. The van der Waals surface area contributed by atoms with Crippen LogP contribution < -0.4 is 24.8 Å². The quantitative estimate of drug-likeness (QED) is 0.606. The number of hydrogen-bond donors (Lipinski definition) is 2. The molecular formula is C22H35N3O4S. The van der Waals surface area contributed by atoms with Crippen LogP contribution in [0, 0.1) is 11.8 Å². The molecule has 1 aliphatic heterocycles. The molecule has 0 aromatic heterocycles. The summed E-state index contributed by atoms with van der Waals surface area (Å²) in [6, 6.07) is 4.08. The second kappa shape index (κ2) is 10.7. The molecule has 2 N–H and O–H groups in total. The highest BCUT2D eigenvalue weighted by Gasteiger charge is 2.40. The van der Waals surface area contributed by atoms with E-state index in [0.29, 0.717) is 47.9 Å². The first-order chi connectivity index (χ1) is 14.2. The van der Waals surface area contributed by atoms with Crippen molar-refractivity contribution >= 4 is 23.2 Å². The zero-order valence-corrected chi connectivity index (χ0v) is 19.9. The maximum absolute atomic E-state index is 13.1. The zero-order valence-electron chi connectivity index (χ0n) is 19.1. The third-order valence-electron chi connectivity index (χ3n) is 5.16. The maximum atomic E-state index is 13.1. The fourth-order valence-corrected chi connectivity index (χ4v) is 4.05. The van der Waals surface area contributed by atoms with Gasteiger partial charge in [-0.2, -0.15) is 0 Å². The fourth-order valence-electron chi connectivity index (χ4n) is 3.66. The number of carbonyl (C=O) groups excluding carboxylic acids is 1. The molecule has 2 atom stereocenters. The Bertz CT molecular complexity index is 729. The normalized spacial score (nSPS) is 18.5. The number of methoxy groups -OCH3 is 3. The lowest BCUT2D eigenvalue weighted by atomic mass is 9.87. The Kier molecular flexibility index (Phi) is 8.58. The average molecular weight is 438 g/mol. The molecule has 30 heavy (non-hydrogen) atoms. The van der Waals surface area contributed by atoms with E-state index in [1.807, 2.05) is 26.0 Å². The molecular weight excluding hydrogens is 402 g/mol. The predicted molar refractivity (Wildman–Crippen MR) is 123 cm³/mol. The van der Waals surface area contributed by atoms with Crippen LogP contribution in [0.2, 0.25) is 0 Å². The highest BCUT2D eigenvalue weighted by Crippen LogP contribution is 2.43. The van der Waals surface area contributed by atoms with Crippen molar-refractivity contribution in [2.45, 2.75) is 39.7 Å². The Hall–Kier alpha value is -2.22. The fraction of sp³-hybridized carbons (Fsp3) is 0.636. The van der Waals surface area contributed by atoms with Gasteiger partial charge in [-0.15, -0.1) is 0 Å². The summed E-state index contributed by atoms with van der Waals surface area (Å²) in [4.78, 5) is 15.1. The van der Waals surface area contributed by atoms with Crippen LogP contribution in [0.4, 0.5) is 0 Å². The van der Waals surface area contributed by atoms with Gasteiger partial charge < -0.3 is 29.7 Å². The number of ether oxygens (including phenoxy) is 3. The molecule has 1 fully saturated rings. The summed E-state index contributed by atoms with van der Waals surface area (Å²) in [6.45, 7) is 10.1. The van der Waals surface area contributed by atoms with Crippen molar-refractivity contribution in [3.05, 3.63) is 17.7 Å². The molecule has 0 bridgehead atoms. The van der Waals surface area contributed by atoms with E-state index in [9.17, 15) is 4.79 Å². The van der Waals surface area contributed by atoms with Crippen LogP contribution in [0.1, 0.15) is 39.2 Å². The van der Waals surface area contributed by atoms with Crippen LogP contribution in [-0.2, 0) is 4.79 Å². The summed E-state index contributed by atoms with van der Waals surface area (Å²) in [5.41, 5.74) is 0.962. The van der Waals surface area contributed by atoms with Gasteiger partial charge in [0.2, 0.25) is 11.7 Å². The van der Waals surface area contributed by atoms with Gasteiger partial charge in [-0.3, -0.25) is 4.79 Å². The number of hydrogen-bond acceptors (Lipinski definition) is 5. The van der Waals surface area contributed by atoms with Crippen molar-refractivity contribution in [2.24, 2.45) is 11.8 Å². The second-order valence-electron chi connectivity index (χ2n) is 8.32. The third kappa shape index (κ3) is 5.68. The van der Waals surface area contributed by atoms with E-state index in [1.165, 1.54) is 0 Å². The number of nitrogens with zero attached hydrogens (tertiary/aromatic N) is 1. The number of carbonyl (C=O) groups is 1. The lowest BCUT2D eigenvalue weighted by Gasteiger charge is -2.22. The predicted octanol–water partition coefficient (Wildman–Crippen LogP) is 2.78.